The second-order valence-corrected chi connectivity index (χ2v) is 7.43. The molecule has 0 unspecified atom stereocenters. The number of carbonyl (C=O) groups excluding carboxylic acids is 2. The van der Waals surface area contributed by atoms with Crippen molar-refractivity contribution in [3.63, 3.8) is 0 Å². The van der Waals surface area contributed by atoms with E-state index in [-0.39, 0.29) is 18.2 Å². The molecule has 0 aliphatic carbocycles. The first-order chi connectivity index (χ1) is 13.9. The number of nitrogens with zero attached hydrogens (tertiary/aromatic N) is 1. The Balaban J connectivity index is 2.31. The van der Waals surface area contributed by atoms with Gasteiger partial charge in [0.1, 0.15) is 11.8 Å². The van der Waals surface area contributed by atoms with E-state index in [9.17, 15) is 9.59 Å². The van der Waals surface area contributed by atoms with Crippen LogP contribution in [0.5, 0.6) is 5.75 Å². The maximum Gasteiger partial charge on any atom is 0.242 e. The first kappa shape index (κ1) is 23.0. The Labute approximate surface area is 181 Å². The van der Waals surface area contributed by atoms with Crippen molar-refractivity contribution in [1.29, 1.82) is 0 Å². The van der Waals surface area contributed by atoms with Crippen molar-refractivity contribution in [2.75, 3.05) is 13.7 Å². The van der Waals surface area contributed by atoms with Crippen LogP contribution >= 0.6 is 23.2 Å². The van der Waals surface area contributed by atoms with E-state index in [0.717, 1.165) is 11.1 Å². The molecule has 0 spiro atoms. The molecule has 0 saturated heterocycles. The Morgan fingerprint density at radius 1 is 1.07 bits per heavy atom. The third-order valence-corrected chi connectivity index (χ3v) is 5.30. The van der Waals surface area contributed by atoms with E-state index >= 15 is 0 Å². The van der Waals surface area contributed by atoms with Crippen LogP contribution in [0, 0.1) is 0 Å². The van der Waals surface area contributed by atoms with Crippen LogP contribution < -0.4 is 10.1 Å². The first-order valence-corrected chi connectivity index (χ1v) is 10.3. The molecule has 0 aliphatic rings. The Hall–Kier alpha value is -2.24. The highest BCUT2D eigenvalue weighted by atomic mass is 35.5. The van der Waals surface area contributed by atoms with Gasteiger partial charge in [0.2, 0.25) is 11.8 Å². The largest absolute Gasteiger partial charge is 0.497 e. The van der Waals surface area contributed by atoms with E-state index in [4.69, 9.17) is 27.9 Å². The molecule has 7 heteroatoms. The molecule has 2 aromatic rings. The highest BCUT2D eigenvalue weighted by Crippen LogP contribution is 2.24. The number of methoxy groups -OCH3 is 1. The zero-order valence-electron chi connectivity index (χ0n) is 16.9. The predicted molar refractivity (Wildman–Crippen MR) is 116 cm³/mol. The van der Waals surface area contributed by atoms with Gasteiger partial charge in [-0.15, -0.1) is 0 Å². The Bertz CT molecular complexity index is 858. The average molecular weight is 437 g/mol. The van der Waals surface area contributed by atoms with Crippen LogP contribution in [0.4, 0.5) is 0 Å². The number of ether oxygens (including phenoxy) is 1. The zero-order chi connectivity index (χ0) is 21.4. The van der Waals surface area contributed by atoms with Gasteiger partial charge in [0.25, 0.3) is 0 Å². The van der Waals surface area contributed by atoms with Gasteiger partial charge >= 0.3 is 0 Å². The van der Waals surface area contributed by atoms with Crippen molar-refractivity contribution in [2.24, 2.45) is 0 Å². The smallest absolute Gasteiger partial charge is 0.242 e. The number of halogens is 2. The van der Waals surface area contributed by atoms with Crippen LogP contribution in [0.2, 0.25) is 10.0 Å². The molecule has 29 heavy (non-hydrogen) atoms. The third-order valence-electron chi connectivity index (χ3n) is 4.56. The van der Waals surface area contributed by atoms with E-state index in [1.807, 2.05) is 38.1 Å². The van der Waals surface area contributed by atoms with Gasteiger partial charge in [-0.3, -0.25) is 9.59 Å². The van der Waals surface area contributed by atoms with Gasteiger partial charge in [-0.25, -0.2) is 0 Å². The van der Waals surface area contributed by atoms with Gasteiger partial charge in [-0.05, 0) is 48.7 Å². The van der Waals surface area contributed by atoms with Crippen molar-refractivity contribution in [2.45, 2.75) is 39.3 Å². The minimum Gasteiger partial charge on any atom is -0.497 e. The summed E-state index contributed by atoms with van der Waals surface area (Å²) < 4.78 is 5.28. The lowest BCUT2D eigenvalue weighted by Crippen LogP contribution is -2.49. The van der Waals surface area contributed by atoms with Crippen molar-refractivity contribution in [3.05, 3.63) is 63.6 Å². The number of benzene rings is 2. The molecule has 1 N–H and O–H groups in total. The van der Waals surface area contributed by atoms with Crippen molar-refractivity contribution in [1.82, 2.24) is 10.2 Å². The fraction of sp³-hybridized carbons (Fsp3) is 0.364. The lowest BCUT2D eigenvalue weighted by molar-refractivity contribution is -0.140. The number of carbonyl (C=O) groups is 2. The van der Waals surface area contributed by atoms with E-state index in [0.29, 0.717) is 35.3 Å². The number of rotatable bonds is 9. The molecule has 0 aromatic heterocycles. The van der Waals surface area contributed by atoms with E-state index in [1.165, 1.54) is 0 Å². The molecule has 0 bridgehead atoms. The molecule has 0 fully saturated rings. The minimum atomic E-state index is -0.573. The summed E-state index contributed by atoms with van der Waals surface area (Å²) in [5.74, 6) is 0.370. The van der Waals surface area contributed by atoms with Gasteiger partial charge < -0.3 is 15.0 Å². The fourth-order valence-corrected chi connectivity index (χ4v) is 3.43. The number of likely N-dealkylation sites (N-methyl/N-ethyl adjacent to an activating group) is 1. The molecule has 0 radical (unpaired) electrons. The summed E-state index contributed by atoms with van der Waals surface area (Å²) in [5, 5.41) is 3.66. The molecular weight excluding hydrogens is 411 g/mol. The lowest BCUT2D eigenvalue weighted by Gasteiger charge is -2.30. The monoisotopic (exact) mass is 436 g/mol. The second-order valence-electron chi connectivity index (χ2n) is 6.62. The topological polar surface area (TPSA) is 58.6 Å². The van der Waals surface area contributed by atoms with E-state index < -0.39 is 6.04 Å². The summed E-state index contributed by atoms with van der Waals surface area (Å²) in [4.78, 5) is 27.4. The molecule has 2 amide bonds. The third kappa shape index (κ3) is 6.38. The second kappa shape index (κ2) is 11.1. The van der Waals surface area contributed by atoms with Gasteiger partial charge in [-0.1, -0.05) is 48.3 Å². The summed E-state index contributed by atoms with van der Waals surface area (Å²) in [6.45, 7) is 4.55. The van der Waals surface area contributed by atoms with Crippen LogP contribution in [0.15, 0.2) is 42.5 Å². The summed E-state index contributed by atoms with van der Waals surface area (Å²) in [6, 6.07) is 12.0. The maximum atomic E-state index is 13.2. The minimum absolute atomic E-state index is 0.122. The molecule has 2 aromatic carbocycles. The van der Waals surface area contributed by atoms with Crippen molar-refractivity contribution in [3.8, 4) is 5.75 Å². The normalized spacial score (nSPS) is 11.6. The molecular formula is C22H26Cl2N2O3. The number of hydrogen-bond acceptors (Lipinski definition) is 3. The maximum absolute atomic E-state index is 13.2. The van der Waals surface area contributed by atoms with E-state index in [2.05, 4.69) is 5.32 Å². The molecule has 1 atom stereocenters. The first-order valence-electron chi connectivity index (χ1n) is 9.53. The number of amides is 2. The average Bonchev–Trinajstić information content (AvgIpc) is 2.71. The zero-order valence-corrected chi connectivity index (χ0v) is 18.4. The Morgan fingerprint density at radius 2 is 1.83 bits per heavy atom. The highest BCUT2D eigenvalue weighted by molar-refractivity contribution is 6.42. The van der Waals surface area contributed by atoms with Crippen molar-refractivity contribution >= 4 is 35.0 Å². The van der Waals surface area contributed by atoms with Gasteiger partial charge in [-0.2, -0.15) is 0 Å². The Kier molecular flexibility index (Phi) is 8.80. The summed E-state index contributed by atoms with van der Waals surface area (Å²) in [5.41, 5.74) is 1.63. The summed E-state index contributed by atoms with van der Waals surface area (Å²) in [6.07, 6.45) is 0.625. The van der Waals surface area contributed by atoms with Gasteiger partial charge in [0, 0.05) is 13.1 Å². The molecule has 0 heterocycles. The molecule has 0 saturated carbocycles. The molecule has 156 valence electrons. The molecule has 5 nitrogen and oxygen atoms in total. The standard InChI is InChI=1S/C22H26Cl2N2O3/c1-4-20(22(28)25-5-2)26(14-16-7-6-8-17(11-16)29-3)21(27)13-15-9-10-18(23)19(24)12-15/h6-12,20H,4-5,13-14H2,1-3H3,(H,25,28)/t20-/m1/s1. The summed E-state index contributed by atoms with van der Waals surface area (Å²) >= 11 is 12.1. The predicted octanol–water partition coefficient (Wildman–Crippen LogP) is 4.49. The van der Waals surface area contributed by atoms with E-state index in [1.54, 1.807) is 30.2 Å². The van der Waals surface area contributed by atoms with Crippen LogP contribution in [-0.4, -0.2) is 36.4 Å². The van der Waals surface area contributed by atoms with Gasteiger partial charge in [0.05, 0.1) is 23.6 Å². The van der Waals surface area contributed by atoms with Crippen LogP contribution in [0.25, 0.3) is 0 Å². The fourth-order valence-electron chi connectivity index (χ4n) is 3.10. The number of hydrogen-bond donors (Lipinski definition) is 1. The Morgan fingerprint density at radius 3 is 2.45 bits per heavy atom. The van der Waals surface area contributed by atoms with Crippen LogP contribution in [0.3, 0.4) is 0 Å². The van der Waals surface area contributed by atoms with Gasteiger partial charge in [0.15, 0.2) is 0 Å². The van der Waals surface area contributed by atoms with Crippen LogP contribution in [-0.2, 0) is 22.6 Å². The van der Waals surface area contributed by atoms with Crippen LogP contribution in [0.1, 0.15) is 31.4 Å². The quantitative estimate of drug-likeness (QED) is 0.629. The summed E-state index contributed by atoms with van der Waals surface area (Å²) in [7, 11) is 1.59. The lowest BCUT2D eigenvalue weighted by atomic mass is 10.1. The van der Waals surface area contributed by atoms with Crippen molar-refractivity contribution < 1.29 is 14.3 Å². The number of nitrogens with one attached hydrogen (secondary N) is 1. The highest BCUT2D eigenvalue weighted by Gasteiger charge is 2.28. The SMILES string of the molecule is CCNC(=O)[C@@H](CC)N(Cc1cccc(OC)c1)C(=O)Cc1ccc(Cl)c(Cl)c1. The molecule has 2 rings (SSSR count). The molecule has 0 aliphatic heterocycles.